The Morgan fingerprint density at radius 3 is 2.74 bits per heavy atom. The highest BCUT2D eigenvalue weighted by atomic mass is 16.2. The molecule has 6 nitrogen and oxygen atoms in total. The van der Waals surface area contributed by atoms with Gasteiger partial charge in [-0.15, -0.1) is 0 Å². The van der Waals surface area contributed by atoms with E-state index in [2.05, 4.69) is 5.32 Å². The van der Waals surface area contributed by atoms with E-state index in [4.69, 9.17) is 5.73 Å². The fourth-order valence-corrected chi connectivity index (χ4v) is 1.99. The minimum Gasteiger partial charge on any atom is -0.398 e. The van der Waals surface area contributed by atoms with E-state index >= 15 is 0 Å². The summed E-state index contributed by atoms with van der Waals surface area (Å²) in [6, 6.07) is 4.37. The molecule has 19 heavy (non-hydrogen) atoms. The van der Waals surface area contributed by atoms with Gasteiger partial charge in [0.2, 0.25) is 11.8 Å². The molecular formula is C13H15N3O3. The second-order valence-electron chi connectivity index (χ2n) is 4.61. The summed E-state index contributed by atoms with van der Waals surface area (Å²) < 4.78 is 0. The van der Waals surface area contributed by atoms with Crippen LogP contribution in [-0.4, -0.2) is 35.2 Å². The Morgan fingerprint density at radius 1 is 1.42 bits per heavy atom. The molecule has 100 valence electrons. The number of nitrogens with two attached hydrogens (primary N) is 1. The number of piperazine rings is 1. The van der Waals surface area contributed by atoms with Crippen LogP contribution in [0.1, 0.15) is 22.8 Å². The summed E-state index contributed by atoms with van der Waals surface area (Å²) in [6.45, 7) is 3.30. The zero-order chi connectivity index (χ0) is 14.2. The van der Waals surface area contributed by atoms with Crippen LogP contribution in [0.2, 0.25) is 0 Å². The van der Waals surface area contributed by atoms with Gasteiger partial charge in [-0.3, -0.25) is 19.7 Å². The van der Waals surface area contributed by atoms with Gasteiger partial charge in [-0.2, -0.15) is 0 Å². The average molecular weight is 261 g/mol. The molecule has 1 aliphatic heterocycles. The maximum absolute atomic E-state index is 12.3. The fraction of sp³-hybridized carbons (Fsp3) is 0.308. The number of rotatable bonds is 1. The van der Waals surface area contributed by atoms with Crippen LogP contribution in [0.25, 0.3) is 0 Å². The molecule has 3 N–H and O–H groups in total. The summed E-state index contributed by atoms with van der Waals surface area (Å²) in [4.78, 5) is 36.5. The van der Waals surface area contributed by atoms with Crippen molar-refractivity contribution in [1.82, 2.24) is 10.2 Å². The van der Waals surface area contributed by atoms with Crippen LogP contribution in [-0.2, 0) is 9.59 Å². The summed E-state index contributed by atoms with van der Waals surface area (Å²) in [5.74, 6) is -1.37. The Labute approximate surface area is 110 Å². The minimum absolute atomic E-state index is 0.140. The van der Waals surface area contributed by atoms with Gasteiger partial charge < -0.3 is 10.6 Å². The number of aryl methyl sites for hydroxylation is 1. The van der Waals surface area contributed by atoms with Crippen LogP contribution >= 0.6 is 0 Å². The molecule has 1 aromatic rings. The maximum atomic E-state index is 12.3. The molecule has 1 aromatic carbocycles. The largest absolute Gasteiger partial charge is 0.398 e. The summed E-state index contributed by atoms with van der Waals surface area (Å²) >= 11 is 0. The van der Waals surface area contributed by atoms with Gasteiger partial charge in [0.05, 0.1) is 5.56 Å². The summed E-state index contributed by atoms with van der Waals surface area (Å²) in [7, 11) is 0. The van der Waals surface area contributed by atoms with Crippen molar-refractivity contribution in [2.24, 2.45) is 0 Å². The van der Waals surface area contributed by atoms with Crippen molar-refractivity contribution in [2.45, 2.75) is 19.9 Å². The lowest BCUT2D eigenvalue weighted by Gasteiger charge is -2.32. The fourth-order valence-electron chi connectivity index (χ4n) is 1.99. The topological polar surface area (TPSA) is 92.5 Å². The van der Waals surface area contributed by atoms with Gasteiger partial charge in [0.1, 0.15) is 12.6 Å². The van der Waals surface area contributed by atoms with Gasteiger partial charge in [0, 0.05) is 5.69 Å². The number of nitrogen functional groups attached to an aromatic ring is 1. The van der Waals surface area contributed by atoms with Crippen molar-refractivity contribution in [3.63, 3.8) is 0 Å². The van der Waals surface area contributed by atoms with Gasteiger partial charge in [-0.05, 0) is 31.5 Å². The molecule has 1 heterocycles. The number of benzene rings is 1. The second-order valence-corrected chi connectivity index (χ2v) is 4.61. The van der Waals surface area contributed by atoms with Crippen molar-refractivity contribution in [1.29, 1.82) is 0 Å². The smallest absolute Gasteiger partial charge is 0.257 e. The molecule has 1 fully saturated rings. The maximum Gasteiger partial charge on any atom is 0.257 e. The number of carbonyl (C=O) groups excluding carboxylic acids is 3. The second kappa shape index (κ2) is 4.72. The lowest BCUT2D eigenvalue weighted by Crippen LogP contribution is -2.58. The van der Waals surface area contributed by atoms with E-state index in [1.165, 1.54) is 4.90 Å². The highest BCUT2D eigenvalue weighted by Gasteiger charge is 2.34. The highest BCUT2D eigenvalue weighted by Crippen LogP contribution is 2.18. The Hall–Kier alpha value is -2.37. The van der Waals surface area contributed by atoms with Crippen molar-refractivity contribution >= 4 is 23.4 Å². The average Bonchev–Trinajstić information content (AvgIpc) is 2.33. The van der Waals surface area contributed by atoms with E-state index in [1.54, 1.807) is 25.1 Å². The van der Waals surface area contributed by atoms with Crippen molar-refractivity contribution in [2.75, 3.05) is 12.3 Å². The van der Waals surface area contributed by atoms with E-state index in [0.29, 0.717) is 11.3 Å². The lowest BCUT2D eigenvalue weighted by atomic mass is 10.1. The Bertz CT molecular complexity index is 568. The Morgan fingerprint density at radius 2 is 2.11 bits per heavy atom. The molecule has 3 amide bonds. The SMILES string of the molecule is Cc1ccc(C(=O)N2CC(=O)NC(=O)C2C)c(N)c1. The number of anilines is 1. The monoisotopic (exact) mass is 261 g/mol. The van der Waals surface area contributed by atoms with Gasteiger partial charge in [0.25, 0.3) is 5.91 Å². The van der Waals surface area contributed by atoms with E-state index in [1.807, 2.05) is 6.92 Å². The molecule has 1 atom stereocenters. The van der Waals surface area contributed by atoms with Crippen LogP contribution in [0.5, 0.6) is 0 Å². The molecule has 1 unspecified atom stereocenters. The molecule has 0 spiro atoms. The molecule has 0 aliphatic carbocycles. The summed E-state index contributed by atoms with van der Waals surface area (Å²) in [5.41, 5.74) is 7.40. The Kier molecular flexibility index (Phi) is 3.25. The van der Waals surface area contributed by atoms with Crippen LogP contribution in [0.4, 0.5) is 5.69 Å². The van der Waals surface area contributed by atoms with E-state index in [9.17, 15) is 14.4 Å². The third-order valence-electron chi connectivity index (χ3n) is 3.12. The normalized spacial score (nSPS) is 19.3. The third-order valence-corrected chi connectivity index (χ3v) is 3.12. The third kappa shape index (κ3) is 2.42. The van der Waals surface area contributed by atoms with Crippen LogP contribution in [0.3, 0.4) is 0 Å². The molecule has 6 heteroatoms. The van der Waals surface area contributed by atoms with Crippen LogP contribution in [0.15, 0.2) is 18.2 Å². The number of nitrogens with zero attached hydrogens (tertiary/aromatic N) is 1. The van der Waals surface area contributed by atoms with E-state index in [-0.39, 0.29) is 6.54 Å². The zero-order valence-corrected chi connectivity index (χ0v) is 10.8. The van der Waals surface area contributed by atoms with E-state index < -0.39 is 23.8 Å². The summed E-state index contributed by atoms with van der Waals surface area (Å²) in [6.07, 6.45) is 0. The number of hydrogen-bond acceptors (Lipinski definition) is 4. The van der Waals surface area contributed by atoms with Crippen molar-refractivity contribution < 1.29 is 14.4 Å². The number of carbonyl (C=O) groups is 3. The lowest BCUT2D eigenvalue weighted by molar-refractivity contribution is -0.138. The van der Waals surface area contributed by atoms with Gasteiger partial charge >= 0.3 is 0 Å². The number of amides is 3. The molecule has 0 aromatic heterocycles. The van der Waals surface area contributed by atoms with Crippen molar-refractivity contribution in [3.05, 3.63) is 29.3 Å². The highest BCUT2D eigenvalue weighted by molar-refractivity contribution is 6.08. The minimum atomic E-state index is -0.689. The first-order valence-electron chi connectivity index (χ1n) is 5.91. The molecule has 1 saturated heterocycles. The van der Waals surface area contributed by atoms with Crippen LogP contribution < -0.4 is 11.1 Å². The van der Waals surface area contributed by atoms with Gasteiger partial charge in [-0.25, -0.2) is 0 Å². The van der Waals surface area contributed by atoms with Crippen LogP contribution in [0, 0.1) is 6.92 Å². The molecule has 2 rings (SSSR count). The predicted molar refractivity (Wildman–Crippen MR) is 69.2 cm³/mol. The molecule has 0 radical (unpaired) electrons. The molecule has 1 aliphatic rings. The number of hydrogen-bond donors (Lipinski definition) is 2. The quantitative estimate of drug-likeness (QED) is 0.552. The predicted octanol–water partition coefficient (Wildman–Crippen LogP) is 0.0643. The first-order valence-corrected chi connectivity index (χ1v) is 5.91. The number of imide groups is 1. The van der Waals surface area contributed by atoms with Crippen molar-refractivity contribution in [3.8, 4) is 0 Å². The molecular weight excluding hydrogens is 246 g/mol. The summed E-state index contributed by atoms with van der Waals surface area (Å²) in [5, 5.41) is 2.19. The van der Waals surface area contributed by atoms with Gasteiger partial charge in [0.15, 0.2) is 0 Å². The number of nitrogens with one attached hydrogen (secondary N) is 1. The standard InChI is InChI=1S/C13H15N3O3/c1-7-3-4-9(10(14)5-7)13(19)16-6-11(17)15-12(18)8(16)2/h3-5,8H,6,14H2,1-2H3,(H,15,17,18). The van der Waals surface area contributed by atoms with Gasteiger partial charge in [-0.1, -0.05) is 6.07 Å². The first kappa shape index (κ1) is 13.1. The molecule has 0 bridgehead atoms. The first-order chi connectivity index (χ1) is 8.90. The molecule has 0 saturated carbocycles. The Balaban J connectivity index is 2.32. The van der Waals surface area contributed by atoms with E-state index in [0.717, 1.165) is 5.56 Å². The zero-order valence-electron chi connectivity index (χ0n) is 10.8.